The van der Waals surface area contributed by atoms with Gasteiger partial charge in [-0.1, -0.05) is 60.7 Å². The monoisotopic (exact) mass is 320 g/mol. The number of ketones is 1. The zero-order valence-electron chi connectivity index (χ0n) is 13.2. The molecule has 2 aromatic carbocycles. The van der Waals surface area contributed by atoms with Gasteiger partial charge in [-0.15, -0.1) is 0 Å². The minimum Gasteiger partial charge on any atom is -0.464 e. The van der Waals surface area contributed by atoms with Gasteiger partial charge in [0, 0.05) is 11.1 Å². The van der Waals surface area contributed by atoms with Crippen molar-refractivity contribution < 1.29 is 14.3 Å². The van der Waals surface area contributed by atoms with Gasteiger partial charge in [0.25, 0.3) is 0 Å². The van der Waals surface area contributed by atoms with Crippen LogP contribution in [0.2, 0.25) is 0 Å². The summed E-state index contributed by atoms with van der Waals surface area (Å²) in [6, 6.07) is 20.0. The average Bonchev–Trinajstić information content (AvgIpc) is 3.06. The Morgan fingerprint density at radius 1 is 1.00 bits per heavy atom. The van der Waals surface area contributed by atoms with Crippen molar-refractivity contribution in [3.8, 4) is 11.3 Å². The summed E-state index contributed by atoms with van der Waals surface area (Å²) in [4.78, 5) is 24.4. The SMILES string of the molecule is COC(=O)c1cc(-c2ccccc2)nn1CC(=O)c1ccccc1. The second-order valence-corrected chi connectivity index (χ2v) is 5.22. The van der Waals surface area contributed by atoms with Crippen molar-refractivity contribution in [1.82, 2.24) is 9.78 Å². The number of aromatic nitrogens is 2. The van der Waals surface area contributed by atoms with Gasteiger partial charge in [0.1, 0.15) is 12.2 Å². The first-order valence-electron chi connectivity index (χ1n) is 7.49. The second-order valence-electron chi connectivity index (χ2n) is 5.22. The molecule has 5 nitrogen and oxygen atoms in total. The molecule has 1 aromatic heterocycles. The molecule has 3 aromatic rings. The number of benzene rings is 2. The van der Waals surface area contributed by atoms with Gasteiger partial charge in [-0.05, 0) is 6.07 Å². The molecule has 0 aliphatic rings. The number of hydrogen-bond acceptors (Lipinski definition) is 4. The minimum atomic E-state index is -0.523. The summed E-state index contributed by atoms with van der Waals surface area (Å²) in [7, 11) is 1.31. The van der Waals surface area contributed by atoms with Crippen LogP contribution >= 0.6 is 0 Å². The van der Waals surface area contributed by atoms with Crippen molar-refractivity contribution in [2.24, 2.45) is 0 Å². The smallest absolute Gasteiger partial charge is 0.356 e. The topological polar surface area (TPSA) is 61.2 Å². The molecule has 0 radical (unpaired) electrons. The second kappa shape index (κ2) is 6.91. The van der Waals surface area contributed by atoms with E-state index < -0.39 is 5.97 Å². The molecule has 0 amide bonds. The van der Waals surface area contributed by atoms with Crippen LogP contribution in [0, 0.1) is 0 Å². The van der Waals surface area contributed by atoms with Crippen LogP contribution in [0.3, 0.4) is 0 Å². The number of nitrogens with zero attached hydrogens (tertiary/aromatic N) is 2. The highest BCUT2D eigenvalue weighted by atomic mass is 16.5. The quantitative estimate of drug-likeness (QED) is 0.535. The number of hydrogen-bond donors (Lipinski definition) is 0. The molecular formula is C19H16N2O3. The Hall–Kier alpha value is -3.21. The number of methoxy groups -OCH3 is 1. The first-order chi connectivity index (χ1) is 11.7. The summed E-state index contributed by atoms with van der Waals surface area (Å²) in [6.45, 7) is -0.0265. The van der Waals surface area contributed by atoms with Gasteiger partial charge in [-0.3, -0.25) is 4.79 Å². The molecule has 0 unspecified atom stereocenters. The summed E-state index contributed by atoms with van der Waals surface area (Å²) in [6.07, 6.45) is 0. The predicted octanol–water partition coefficient (Wildman–Crippen LogP) is 3.22. The highest BCUT2D eigenvalue weighted by Gasteiger charge is 2.19. The first-order valence-corrected chi connectivity index (χ1v) is 7.49. The summed E-state index contributed by atoms with van der Waals surface area (Å²) in [5.74, 6) is -0.644. The number of carbonyl (C=O) groups is 2. The molecule has 0 aliphatic heterocycles. The zero-order chi connectivity index (χ0) is 16.9. The van der Waals surface area contributed by atoms with Crippen LogP contribution in [0.1, 0.15) is 20.8 Å². The molecule has 0 saturated carbocycles. The van der Waals surface area contributed by atoms with E-state index in [1.165, 1.54) is 11.8 Å². The fraction of sp³-hybridized carbons (Fsp3) is 0.105. The van der Waals surface area contributed by atoms with Crippen LogP contribution < -0.4 is 0 Å². The van der Waals surface area contributed by atoms with Gasteiger partial charge < -0.3 is 4.74 Å². The van der Waals surface area contributed by atoms with Gasteiger partial charge in [-0.25, -0.2) is 9.48 Å². The summed E-state index contributed by atoms with van der Waals surface area (Å²) in [5, 5.41) is 4.41. The lowest BCUT2D eigenvalue weighted by Crippen LogP contribution is -2.17. The van der Waals surface area contributed by atoms with Crippen molar-refractivity contribution in [1.29, 1.82) is 0 Å². The lowest BCUT2D eigenvalue weighted by molar-refractivity contribution is 0.0586. The molecular weight excluding hydrogens is 304 g/mol. The van der Waals surface area contributed by atoms with Crippen molar-refractivity contribution >= 4 is 11.8 Å². The summed E-state index contributed by atoms with van der Waals surface area (Å²) < 4.78 is 6.19. The Kier molecular flexibility index (Phi) is 4.52. The summed E-state index contributed by atoms with van der Waals surface area (Å²) >= 11 is 0. The Morgan fingerprint density at radius 2 is 1.62 bits per heavy atom. The van der Waals surface area contributed by atoms with E-state index in [2.05, 4.69) is 5.10 Å². The van der Waals surface area contributed by atoms with Gasteiger partial charge >= 0.3 is 5.97 Å². The Balaban J connectivity index is 1.95. The highest BCUT2D eigenvalue weighted by Crippen LogP contribution is 2.19. The molecule has 120 valence electrons. The maximum atomic E-state index is 12.4. The van der Waals surface area contributed by atoms with Crippen LogP contribution in [0.4, 0.5) is 0 Å². The van der Waals surface area contributed by atoms with Crippen LogP contribution in [0.25, 0.3) is 11.3 Å². The van der Waals surface area contributed by atoms with Gasteiger partial charge in [0.15, 0.2) is 5.78 Å². The molecule has 5 heteroatoms. The molecule has 0 N–H and O–H groups in total. The molecule has 24 heavy (non-hydrogen) atoms. The van der Waals surface area contributed by atoms with E-state index in [1.807, 2.05) is 36.4 Å². The van der Waals surface area contributed by atoms with E-state index in [0.29, 0.717) is 11.3 Å². The Bertz CT molecular complexity index is 855. The standard InChI is InChI=1S/C19H16N2O3/c1-24-19(23)17-12-16(14-8-4-2-5-9-14)20-21(17)13-18(22)15-10-6-3-7-11-15/h2-12H,13H2,1H3. The highest BCUT2D eigenvalue weighted by molar-refractivity contribution is 5.97. The van der Waals surface area contributed by atoms with Crippen molar-refractivity contribution in [2.75, 3.05) is 7.11 Å². The molecule has 0 atom stereocenters. The summed E-state index contributed by atoms with van der Waals surface area (Å²) in [5.41, 5.74) is 2.32. The first kappa shape index (κ1) is 15.7. The van der Waals surface area contributed by atoms with Crippen LogP contribution in [-0.4, -0.2) is 28.6 Å². The largest absolute Gasteiger partial charge is 0.464 e. The van der Waals surface area contributed by atoms with E-state index >= 15 is 0 Å². The Labute approximate surface area is 139 Å². The molecule has 0 saturated heterocycles. The van der Waals surface area contributed by atoms with Crippen LogP contribution in [0.15, 0.2) is 66.7 Å². The zero-order valence-corrected chi connectivity index (χ0v) is 13.2. The average molecular weight is 320 g/mol. The van der Waals surface area contributed by atoms with Gasteiger partial charge in [0.05, 0.1) is 12.8 Å². The number of Topliss-reactive ketones (excluding diaryl/α,β-unsaturated/α-hetero) is 1. The third-order valence-electron chi connectivity index (χ3n) is 3.63. The van der Waals surface area contributed by atoms with E-state index in [1.54, 1.807) is 30.3 Å². The third-order valence-corrected chi connectivity index (χ3v) is 3.63. The lowest BCUT2D eigenvalue weighted by Gasteiger charge is -2.05. The number of carbonyl (C=O) groups excluding carboxylic acids is 2. The van der Waals surface area contributed by atoms with E-state index in [4.69, 9.17) is 4.74 Å². The Morgan fingerprint density at radius 3 is 2.25 bits per heavy atom. The molecule has 0 fully saturated rings. The van der Waals surface area contributed by atoms with E-state index in [9.17, 15) is 9.59 Å². The van der Waals surface area contributed by atoms with E-state index in [0.717, 1.165) is 5.56 Å². The molecule has 0 bridgehead atoms. The molecule has 0 aliphatic carbocycles. The van der Waals surface area contributed by atoms with Crippen LogP contribution in [0.5, 0.6) is 0 Å². The number of esters is 1. The molecule has 0 spiro atoms. The van der Waals surface area contributed by atoms with Gasteiger partial charge in [-0.2, -0.15) is 5.10 Å². The fourth-order valence-electron chi connectivity index (χ4n) is 2.41. The maximum Gasteiger partial charge on any atom is 0.356 e. The van der Waals surface area contributed by atoms with Gasteiger partial charge in [0.2, 0.25) is 0 Å². The predicted molar refractivity (Wildman–Crippen MR) is 89.8 cm³/mol. The molecule has 1 heterocycles. The lowest BCUT2D eigenvalue weighted by atomic mass is 10.1. The van der Waals surface area contributed by atoms with Crippen molar-refractivity contribution in [2.45, 2.75) is 6.54 Å². The molecule has 3 rings (SSSR count). The van der Waals surface area contributed by atoms with Crippen molar-refractivity contribution in [3.63, 3.8) is 0 Å². The maximum absolute atomic E-state index is 12.4. The minimum absolute atomic E-state index is 0.0265. The number of rotatable bonds is 5. The third kappa shape index (κ3) is 3.25. The van der Waals surface area contributed by atoms with Crippen LogP contribution in [-0.2, 0) is 11.3 Å². The normalized spacial score (nSPS) is 10.4. The van der Waals surface area contributed by atoms with E-state index in [-0.39, 0.29) is 18.0 Å². The number of ether oxygens (including phenoxy) is 1. The fourth-order valence-corrected chi connectivity index (χ4v) is 2.41. The van der Waals surface area contributed by atoms with Crippen molar-refractivity contribution in [3.05, 3.63) is 78.0 Å².